The molecule has 0 saturated carbocycles. The molecule has 3 heterocycles. The molecule has 4 aromatic rings. The van der Waals surface area contributed by atoms with Gasteiger partial charge in [-0.05, 0) is 29.8 Å². The fourth-order valence-electron chi connectivity index (χ4n) is 2.64. The molecule has 0 amide bonds. The Hall–Kier alpha value is -3.86. The van der Waals surface area contributed by atoms with Gasteiger partial charge < -0.3 is 4.74 Å². The van der Waals surface area contributed by atoms with Crippen molar-refractivity contribution in [2.24, 2.45) is 0 Å². The lowest BCUT2D eigenvalue weighted by atomic mass is 10.2. The van der Waals surface area contributed by atoms with Crippen molar-refractivity contribution in [1.29, 1.82) is 5.26 Å². The summed E-state index contributed by atoms with van der Waals surface area (Å²) < 4.78 is 20.5. The van der Waals surface area contributed by atoms with Crippen molar-refractivity contribution in [2.45, 2.75) is 6.42 Å². The van der Waals surface area contributed by atoms with E-state index in [2.05, 4.69) is 19.9 Å². The van der Waals surface area contributed by atoms with E-state index in [0.717, 1.165) is 16.6 Å². The lowest BCUT2D eigenvalue weighted by Gasteiger charge is -2.09. The van der Waals surface area contributed by atoms with E-state index >= 15 is 0 Å². The molecular formula is C19H13FN6O. The van der Waals surface area contributed by atoms with Gasteiger partial charge >= 0.3 is 0 Å². The molecule has 8 heteroatoms. The summed E-state index contributed by atoms with van der Waals surface area (Å²) in [4.78, 5) is 16.4. The Morgan fingerprint density at radius 1 is 1.15 bits per heavy atom. The van der Waals surface area contributed by atoms with Gasteiger partial charge in [0.25, 0.3) is 0 Å². The maximum Gasteiger partial charge on any atom is 0.238 e. The smallest absolute Gasteiger partial charge is 0.238 e. The summed E-state index contributed by atoms with van der Waals surface area (Å²) in [6.45, 7) is 0.235. The van der Waals surface area contributed by atoms with Gasteiger partial charge in [0.15, 0.2) is 0 Å². The predicted molar refractivity (Wildman–Crippen MR) is 94.8 cm³/mol. The van der Waals surface area contributed by atoms with Gasteiger partial charge in [-0.25, -0.2) is 15.0 Å². The summed E-state index contributed by atoms with van der Waals surface area (Å²) >= 11 is 0. The van der Waals surface area contributed by atoms with Crippen molar-refractivity contribution in [1.82, 2.24) is 24.5 Å². The average Bonchev–Trinajstić information content (AvgIpc) is 3.12. The highest BCUT2D eigenvalue weighted by molar-refractivity contribution is 5.76. The molecule has 1 aromatic carbocycles. The van der Waals surface area contributed by atoms with Gasteiger partial charge in [0.2, 0.25) is 17.8 Å². The van der Waals surface area contributed by atoms with Crippen LogP contribution in [0.4, 0.5) is 4.39 Å². The van der Waals surface area contributed by atoms with E-state index in [1.165, 1.54) is 18.5 Å². The molecule has 7 nitrogen and oxygen atoms in total. The lowest BCUT2D eigenvalue weighted by Crippen LogP contribution is -2.08. The van der Waals surface area contributed by atoms with Crippen LogP contribution in [0.5, 0.6) is 5.88 Å². The molecule has 0 atom stereocenters. The Morgan fingerprint density at radius 2 is 2.04 bits per heavy atom. The third-order valence-corrected chi connectivity index (χ3v) is 3.95. The van der Waals surface area contributed by atoms with Crippen molar-refractivity contribution in [2.75, 3.05) is 6.61 Å². The van der Waals surface area contributed by atoms with Gasteiger partial charge in [0.1, 0.15) is 18.0 Å². The van der Waals surface area contributed by atoms with E-state index in [9.17, 15) is 9.65 Å². The average molecular weight is 360 g/mol. The number of aromatic nitrogens is 5. The highest BCUT2D eigenvalue weighted by Crippen LogP contribution is 2.19. The number of hydrogen-bond donors (Lipinski definition) is 0. The van der Waals surface area contributed by atoms with Gasteiger partial charge in [-0.1, -0.05) is 12.1 Å². The third-order valence-electron chi connectivity index (χ3n) is 3.95. The summed E-state index contributed by atoms with van der Waals surface area (Å²) in [5.74, 6) is -0.0102. The summed E-state index contributed by atoms with van der Waals surface area (Å²) in [5.41, 5.74) is 2.63. The van der Waals surface area contributed by atoms with Crippen LogP contribution in [0.3, 0.4) is 0 Å². The number of imidazole rings is 1. The second kappa shape index (κ2) is 7.17. The minimum absolute atomic E-state index is 0.176. The Kier molecular flexibility index (Phi) is 4.41. The molecule has 4 rings (SSSR count). The molecule has 0 bridgehead atoms. The molecule has 0 saturated heterocycles. The van der Waals surface area contributed by atoms with Crippen molar-refractivity contribution in [3.63, 3.8) is 0 Å². The zero-order chi connectivity index (χ0) is 18.6. The van der Waals surface area contributed by atoms with E-state index < -0.39 is 5.95 Å². The summed E-state index contributed by atoms with van der Waals surface area (Å²) in [6.07, 6.45) is 4.89. The number of nitriles is 1. The summed E-state index contributed by atoms with van der Waals surface area (Å²) in [5, 5.41) is 9.28. The fourth-order valence-corrected chi connectivity index (χ4v) is 2.64. The van der Waals surface area contributed by atoms with Crippen LogP contribution >= 0.6 is 0 Å². The first-order valence-corrected chi connectivity index (χ1v) is 8.17. The zero-order valence-electron chi connectivity index (χ0n) is 14.1. The number of hydrogen-bond acceptors (Lipinski definition) is 6. The molecular weight excluding hydrogens is 347 g/mol. The standard InChI is InChI=1S/C19H13FN6O/c20-17-9-13(5-7-22-17)6-8-27-18-14(10-21)11-23-19(25-18)26-12-24-15-3-1-2-4-16(15)26/h1-5,7,9,11-12H,6,8H2. The van der Waals surface area contributed by atoms with Crippen LogP contribution in [0.15, 0.2) is 55.1 Å². The maximum absolute atomic E-state index is 13.1. The Labute approximate surface area is 153 Å². The van der Waals surface area contributed by atoms with E-state index in [1.54, 1.807) is 17.0 Å². The van der Waals surface area contributed by atoms with E-state index in [4.69, 9.17) is 4.74 Å². The zero-order valence-corrected chi connectivity index (χ0v) is 14.1. The molecule has 0 aliphatic rings. The van der Waals surface area contributed by atoms with Crippen LogP contribution < -0.4 is 4.74 Å². The molecule has 0 spiro atoms. The number of pyridine rings is 1. The first-order valence-electron chi connectivity index (χ1n) is 8.17. The molecule has 0 aliphatic carbocycles. The molecule has 0 unspecified atom stereocenters. The van der Waals surface area contributed by atoms with Gasteiger partial charge in [-0.15, -0.1) is 0 Å². The summed E-state index contributed by atoms with van der Waals surface area (Å²) in [7, 11) is 0. The maximum atomic E-state index is 13.1. The van der Waals surface area contributed by atoms with Gasteiger partial charge in [-0.2, -0.15) is 14.6 Å². The SMILES string of the molecule is N#Cc1cnc(-n2cnc3ccccc32)nc1OCCc1ccnc(F)c1. The number of rotatable bonds is 5. The normalized spacial score (nSPS) is 10.7. The highest BCUT2D eigenvalue weighted by Gasteiger charge is 2.12. The molecule has 3 aromatic heterocycles. The topological polar surface area (TPSA) is 89.5 Å². The van der Waals surface area contributed by atoms with Gasteiger partial charge in [-0.3, -0.25) is 4.57 Å². The van der Waals surface area contributed by atoms with Crippen LogP contribution in [0.2, 0.25) is 0 Å². The number of fused-ring (bicyclic) bond motifs is 1. The third kappa shape index (κ3) is 3.43. The van der Waals surface area contributed by atoms with E-state index in [0.29, 0.717) is 12.4 Å². The molecule has 132 valence electrons. The first kappa shape index (κ1) is 16.6. The Bertz CT molecular complexity index is 1150. The van der Waals surface area contributed by atoms with Gasteiger partial charge in [0, 0.05) is 12.6 Å². The molecule has 0 N–H and O–H groups in total. The quantitative estimate of drug-likeness (QED) is 0.509. The molecule has 0 aliphatic heterocycles. The van der Waals surface area contributed by atoms with Gasteiger partial charge in [0.05, 0.1) is 23.8 Å². The Balaban J connectivity index is 1.59. The lowest BCUT2D eigenvalue weighted by molar-refractivity contribution is 0.307. The van der Waals surface area contributed by atoms with Crippen LogP contribution in [-0.2, 0) is 6.42 Å². The van der Waals surface area contributed by atoms with Crippen molar-refractivity contribution in [3.05, 3.63) is 72.2 Å². The minimum atomic E-state index is -0.540. The molecule has 0 radical (unpaired) electrons. The second-order valence-corrected chi connectivity index (χ2v) is 5.69. The largest absolute Gasteiger partial charge is 0.476 e. The van der Waals surface area contributed by atoms with E-state index in [1.807, 2.05) is 30.3 Å². The number of ether oxygens (including phenoxy) is 1. The highest BCUT2D eigenvalue weighted by atomic mass is 19.1. The minimum Gasteiger partial charge on any atom is -0.476 e. The molecule has 27 heavy (non-hydrogen) atoms. The first-order chi connectivity index (χ1) is 13.2. The number of halogens is 1. The monoisotopic (exact) mass is 360 g/mol. The number of para-hydroxylation sites is 2. The fraction of sp³-hybridized carbons (Fsp3) is 0.105. The van der Waals surface area contributed by atoms with Crippen molar-refractivity contribution >= 4 is 11.0 Å². The number of benzene rings is 1. The Morgan fingerprint density at radius 3 is 2.89 bits per heavy atom. The number of nitrogens with zero attached hydrogens (tertiary/aromatic N) is 6. The van der Waals surface area contributed by atoms with Crippen molar-refractivity contribution < 1.29 is 9.13 Å². The predicted octanol–water partition coefficient (Wildman–Crippen LogP) is 2.84. The molecule has 0 fully saturated rings. The van der Waals surface area contributed by atoms with Crippen LogP contribution in [0.25, 0.3) is 17.0 Å². The van der Waals surface area contributed by atoms with E-state index in [-0.39, 0.29) is 18.1 Å². The van der Waals surface area contributed by atoms with Crippen LogP contribution in [0, 0.1) is 17.3 Å². The summed E-state index contributed by atoms with van der Waals surface area (Å²) in [6, 6.07) is 12.7. The van der Waals surface area contributed by atoms with Crippen LogP contribution in [-0.4, -0.2) is 31.1 Å². The van der Waals surface area contributed by atoms with Crippen LogP contribution in [0.1, 0.15) is 11.1 Å². The second-order valence-electron chi connectivity index (χ2n) is 5.69. The van der Waals surface area contributed by atoms with Crippen molar-refractivity contribution in [3.8, 4) is 17.9 Å².